The molecule has 0 atom stereocenters. The van der Waals surface area contributed by atoms with Crippen LogP contribution in [0.4, 0.5) is 0 Å². The molecule has 8 nitrogen and oxygen atoms in total. The van der Waals surface area contributed by atoms with E-state index in [0.717, 1.165) is 0 Å². The van der Waals surface area contributed by atoms with Gasteiger partial charge >= 0.3 is 0 Å². The summed E-state index contributed by atoms with van der Waals surface area (Å²) in [6.45, 7) is 1.52. The lowest BCUT2D eigenvalue weighted by molar-refractivity contribution is -0.118. The molecule has 1 heterocycles. The molecule has 26 heavy (non-hydrogen) atoms. The minimum Gasteiger partial charge on any atom is -0.358 e. The van der Waals surface area contributed by atoms with Gasteiger partial charge in [-0.25, -0.2) is 16.8 Å². The van der Waals surface area contributed by atoms with Crippen LogP contribution in [0.3, 0.4) is 0 Å². The van der Waals surface area contributed by atoms with E-state index in [1.54, 1.807) is 0 Å². The molecular weight excluding hydrogens is 380 g/mol. The summed E-state index contributed by atoms with van der Waals surface area (Å²) in [6, 6.07) is 5.66. The van der Waals surface area contributed by atoms with Gasteiger partial charge in [0.05, 0.1) is 10.1 Å². The first kappa shape index (κ1) is 20.5. The number of Topliss-reactive ketones (excluding diaryl/α,β-unsaturated/α-hetero) is 1. The van der Waals surface area contributed by atoms with Gasteiger partial charge in [-0.2, -0.15) is 4.31 Å². The fourth-order valence-corrected chi connectivity index (χ4v) is 5.96. The van der Waals surface area contributed by atoms with Crippen LogP contribution in [0.5, 0.6) is 0 Å². The molecular formula is C16H22N2O6S2. The highest BCUT2D eigenvalue weighted by Gasteiger charge is 2.35. The number of hydrogen-bond acceptors (Lipinski definition) is 6. The van der Waals surface area contributed by atoms with Crippen molar-refractivity contribution in [3.8, 4) is 0 Å². The Labute approximate surface area is 153 Å². The van der Waals surface area contributed by atoms with E-state index in [1.807, 2.05) is 0 Å². The van der Waals surface area contributed by atoms with Crippen molar-refractivity contribution in [1.29, 1.82) is 0 Å². The van der Waals surface area contributed by atoms with E-state index in [2.05, 4.69) is 5.32 Å². The first-order chi connectivity index (χ1) is 12.1. The van der Waals surface area contributed by atoms with Gasteiger partial charge in [0, 0.05) is 25.7 Å². The zero-order valence-corrected chi connectivity index (χ0v) is 16.3. The average molecular weight is 402 g/mol. The number of sulfonamides is 1. The molecule has 1 aliphatic heterocycles. The predicted molar refractivity (Wildman–Crippen MR) is 96.1 cm³/mol. The Hall–Kier alpha value is -1.78. The quantitative estimate of drug-likeness (QED) is 0.680. The first-order valence-electron chi connectivity index (χ1n) is 8.11. The van der Waals surface area contributed by atoms with Gasteiger partial charge < -0.3 is 5.32 Å². The van der Waals surface area contributed by atoms with Gasteiger partial charge in [0.15, 0.2) is 15.6 Å². The van der Waals surface area contributed by atoms with E-state index in [0.29, 0.717) is 5.56 Å². The number of hydrogen-bond donors (Lipinski definition) is 1. The standard InChI is InChI=1S/C16H22N2O6S2/c1-12(19)13-3-5-15(6-4-13)26(23,24)18-9-7-14(8-10-18)25(21,22)11-16(20)17-2/h3-6,14H,7-11H2,1-2H3,(H,17,20). The van der Waals surface area contributed by atoms with Crippen molar-refractivity contribution in [2.45, 2.75) is 29.9 Å². The topological polar surface area (TPSA) is 118 Å². The number of nitrogens with zero attached hydrogens (tertiary/aromatic N) is 1. The zero-order chi connectivity index (χ0) is 19.5. The van der Waals surface area contributed by atoms with Crippen molar-refractivity contribution in [2.75, 3.05) is 25.9 Å². The molecule has 144 valence electrons. The Morgan fingerprint density at radius 3 is 2.08 bits per heavy atom. The molecule has 1 amide bonds. The number of benzene rings is 1. The second-order valence-electron chi connectivity index (χ2n) is 6.16. The summed E-state index contributed by atoms with van der Waals surface area (Å²) < 4.78 is 51.0. The van der Waals surface area contributed by atoms with Gasteiger partial charge in [-0.1, -0.05) is 12.1 Å². The van der Waals surface area contributed by atoms with E-state index in [4.69, 9.17) is 0 Å². The smallest absolute Gasteiger partial charge is 0.243 e. The van der Waals surface area contributed by atoms with Crippen molar-refractivity contribution >= 4 is 31.6 Å². The number of rotatable bonds is 6. The van der Waals surface area contributed by atoms with Crippen LogP contribution in [0, 0.1) is 0 Å². The highest BCUT2D eigenvalue weighted by Crippen LogP contribution is 2.24. The van der Waals surface area contributed by atoms with Gasteiger partial charge in [0.1, 0.15) is 5.75 Å². The molecule has 1 saturated heterocycles. The van der Waals surface area contributed by atoms with Crippen LogP contribution in [-0.4, -0.2) is 64.0 Å². The number of piperidine rings is 1. The maximum Gasteiger partial charge on any atom is 0.243 e. The lowest BCUT2D eigenvalue weighted by Crippen LogP contribution is -2.44. The monoisotopic (exact) mass is 402 g/mol. The molecule has 2 rings (SSSR count). The molecule has 0 aromatic heterocycles. The third kappa shape index (κ3) is 4.49. The van der Waals surface area contributed by atoms with Crippen molar-refractivity contribution in [3.05, 3.63) is 29.8 Å². The minimum absolute atomic E-state index is 0.0639. The van der Waals surface area contributed by atoms with Crippen LogP contribution in [-0.2, 0) is 24.7 Å². The molecule has 0 radical (unpaired) electrons. The Balaban J connectivity index is 2.08. The van der Waals surface area contributed by atoms with Crippen molar-refractivity contribution in [2.24, 2.45) is 0 Å². The van der Waals surface area contributed by atoms with Gasteiger partial charge in [0.2, 0.25) is 15.9 Å². The van der Waals surface area contributed by atoms with Crippen LogP contribution in [0.2, 0.25) is 0 Å². The number of sulfone groups is 1. The lowest BCUT2D eigenvalue weighted by atomic mass is 10.2. The normalized spacial score (nSPS) is 17.0. The van der Waals surface area contributed by atoms with Crippen LogP contribution in [0.25, 0.3) is 0 Å². The van der Waals surface area contributed by atoms with E-state index >= 15 is 0 Å². The van der Waals surface area contributed by atoms with Crippen LogP contribution >= 0.6 is 0 Å². The Morgan fingerprint density at radius 1 is 1.08 bits per heavy atom. The van der Waals surface area contributed by atoms with E-state index in [1.165, 1.54) is 42.5 Å². The summed E-state index contributed by atoms with van der Waals surface area (Å²) in [5.74, 6) is -1.32. The molecule has 1 aliphatic rings. The fourth-order valence-electron chi connectivity index (χ4n) is 2.82. The second kappa shape index (κ2) is 7.85. The highest BCUT2D eigenvalue weighted by atomic mass is 32.2. The number of ketones is 1. The summed E-state index contributed by atoms with van der Waals surface area (Å²) in [5.41, 5.74) is 0.419. The SMILES string of the molecule is CNC(=O)CS(=O)(=O)C1CCN(S(=O)(=O)c2ccc(C(C)=O)cc2)CC1. The summed E-state index contributed by atoms with van der Waals surface area (Å²) in [6.07, 6.45) is 0.286. The number of carbonyl (C=O) groups excluding carboxylic acids is 2. The van der Waals surface area contributed by atoms with Crippen LogP contribution in [0.15, 0.2) is 29.2 Å². The molecule has 0 unspecified atom stereocenters. The van der Waals surface area contributed by atoms with E-state index in [-0.39, 0.29) is 36.6 Å². The first-order valence-corrected chi connectivity index (χ1v) is 11.3. The molecule has 1 N–H and O–H groups in total. The molecule has 0 spiro atoms. The van der Waals surface area contributed by atoms with Crippen LogP contribution < -0.4 is 5.32 Å². The average Bonchev–Trinajstić information content (AvgIpc) is 2.61. The Bertz CT molecular complexity index is 883. The second-order valence-corrected chi connectivity index (χ2v) is 10.4. The third-order valence-corrected chi connectivity index (χ3v) is 8.48. The van der Waals surface area contributed by atoms with Crippen molar-refractivity contribution in [3.63, 3.8) is 0 Å². The molecule has 1 aromatic rings. The van der Waals surface area contributed by atoms with Gasteiger partial charge in [-0.05, 0) is 31.9 Å². The maximum absolute atomic E-state index is 12.7. The Kier molecular flexibility index (Phi) is 6.20. The minimum atomic E-state index is -3.75. The summed E-state index contributed by atoms with van der Waals surface area (Å²) in [4.78, 5) is 22.7. The maximum atomic E-state index is 12.7. The largest absolute Gasteiger partial charge is 0.358 e. The van der Waals surface area contributed by atoms with Gasteiger partial charge in [0.25, 0.3) is 0 Å². The van der Waals surface area contributed by atoms with Crippen molar-refractivity contribution in [1.82, 2.24) is 9.62 Å². The molecule has 1 fully saturated rings. The molecule has 0 aliphatic carbocycles. The highest BCUT2D eigenvalue weighted by molar-refractivity contribution is 7.92. The number of amides is 1. The fraction of sp³-hybridized carbons (Fsp3) is 0.500. The van der Waals surface area contributed by atoms with E-state index in [9.17, 15) is 26.4 Å². The third-order valence-electron chi connectivity index (χ3n) is 4.42. The molecule has 1 aromatic carbocycles. The number of nitrogens with one attached hydrogen (secondary N) is 1. The number of carbonyl (C=O) groups is 2. The van der Waals surface area contributed by atoms with Gasteiger partial charge in [-0.3, -0.25) is 9.59 Å². The zero-order valence-electron chi connectivity index (χ0n) is 14.6. The molecule has 0 bridgehead atoms. The van der Waals surface area contributed by atoms with Crippen LogP contribution in [0.1, 0.15) is 30.1 Å². The lowest BCUT2D eigenvalue weighted by Gasteiger charge is -2.30. The van der Waals surface area contributed by atoms with Gasteiger partial charge in [-0.15, -0.1) is 0 Å². The van der Waals surface area contributed by atoms with Crippen molar-refractivity contribution < 1.29 is 26.4 Å². The predicted octanol–water partition coefficient (Wildman–Crippen LogP) is 0.203. The summed E-state index contributed by atoms with van der Waals surface area (Å²) in [5, 5.41) is 1.55. The summed E-state index contributed by atoms with van der Waals surface area (Å²) >= 11 is 0. The molecule has 10 heteroatoms. The van der Waals surface area contributed by atoms with E-state index < -0.39 is 36.8 Å². The summed E-state index contributed by atoms with van der Waals surface area (Å²) in [7, 11) is -6.00. The molecule has 0 saturated carbocycles. The Morgan fingerprint density at radius 2 is 1.62 bits per heavy atom.